The van der Waals surface area contributed by atoms with Gasteiger partial charge in [-0.1, -0.05) is 43.2 Å². The fourth-order valence-corrected chi connectivity index (χ4v) is 6.12. The van der Waals surface area contributed by atoms with E-state index in [2.05, 4.69) is 14.7 Å². The van der Waals surface area contributed by atoms with E-state index < -0.39 is 0 Å². The van der Waals surface area contributed by atoms with Crippen molar-refractivity contribution in [2.45, 2.75) is 56.0 Å². The highest BCUT2D eigenvalue weighted by Gasteiger charge is 2.27. The van der Waals surface area contributed by atoms with Gasteiger partial charge in [-0.3, -0.25) is 9.69 Å². The number of thioether (sulfide) groups is 1. The molecule has 3 fully saturated rings. The van der Waals surface area contributed by atoms with Crippen molar-refractivity contribution in [3.63, 3.8) is 0 Å². The minimum atomic E-state index is 0.232. The van der Waals surface area contributed by atoms with Crippen molar-refractivity contribution in [1.29, 1.82) is 0 Å². The number of fused-ring (bicyclic) bond motifs is 1. The minimum Gasteiger partial charge on any atom is -0.354 e. The zero-order chi connectivity index (χ0) is 21.0. The van der Waals surface area contributed by atoms with Gasteiger partial charge in [0.05, 0.1) is 16.8 Å². The van der Waals surface area contributed by atoms with Gasteiger partial charge >= 0.3 is 0 Å². The molecular formula is C24H33N5OS. The minimum absolute atomic E-state index is 0.232. The van der Waals surface area contributed by atoms with Crippen molar-refractivity contribution < 1.29 is 4.79 Å². The molecule has 0 radical (unpaired) electrons. The summed E-state index contributed by atoms with van der Waals surface area (Å²) < 4.78 is 0. The first kappa shape index (κ1) is 21.0. The van der Waals surface area contributed by atoms with Crippen LogP contribution in [-0.2, 0) is 4.79 Å². The Bertz CT molecular complexity index is 902. The number of aromatic nitrogens is 2. The number of carbonyl (C=O) groups excluding carboxylic acids is 1. The fraction of sp³-hybridized carbons (Fsp3) is 0.625. The SMILES string of the molecule is O=C(CSc1nc2ccccc2nc1N1CCCC1)N1CCN(C2CCCCC2)CC1. The Kier molecular flexibility index (Phi) is 6.60. The van der Waals surface area contributed by atoms with Crippen LogP contribution >= 0.6 is 11.8 Å². The molecule has 2 saturated heterocycles. The van der Waals surface area contributed by atoms with Crippen molar-refractivity contribution in [3.05, 3.63) is 24.3 Å². The van der Waals surface area contributed by atoms with Crippen LogP contribution in [0.4, 0.5) is 5.82 Å². The van der Waals surface area contributed by atoms with Gasteiger partial charge in [-0.25, -0.2) is 9.97 Å². The van der Waals surface area contributed by atoms with Crippen LogP contribution in [0.5, 0.6) is 0 Å². The van der Waals surface area contributed by atoms with E-state index in [0.29, 0.717) is 5.75 Å². The summed E-state index contributed by atoms with van der Waals surface area (Å²) in [7, 11) is 0. The Balaban J connectivity index is 1.22. The molecule has 1 aliphatic carbocycles. The van der Waals surface area contributed by atoms with Crippen molar-refractivity contribution in [1.82, 2.24) is 19.8 Å². The lowest BCUT2D eigenvalue weighted by molar-refractivity contribution is -0.130. The van der Waals surface area contributed by atoms with Crippen molar-refractivity contribution in [2.75, 3.05) is 49.9 Å². The van der Waals surface area contributed by atoms with Crippen LogP contribution in [0, 0.1) is 0 Å². The Morgan fingerprint density at radius 1 is 0.871 bits per heavy atom. The highest BCUT2D eigenvalue weighted by molar-refractivity contribution is 8.00. The molecule has 166 valence electrons. The molecule has 31 heavy (non-hydrogen) atoms. The molecule has 3 heterocycles. The van der Waals surface area contributed by atoms with E-state index in [1.807, 2.05) is 24.3 Å². The molecule has 6 nitrogen and oxygen atoms in total. The Morgan fingerprint density at radius 3 is 2.26 bits per heavy atom. The second-order valence-corrected chi connectivity index (χ2v) is 10.00. The predicted octanol–water partition coefficient (Wildman–Crippen LogP) is 3.80. The molecule has 2 aliphatic heterocycles. The van der Waals surface area contributed by atoms with Crippen molar-refractivity contribution in [3.8, 4) is 0 Å². The third-order valence-corrected chi connectivity index (χ3v) is 7.96. The van der Waals surface area contributed by atoms with Crippen LogP contribution in [0.15, 0.2) is 29.3 Å². The second kappa shape index (κ2) is 9.74. The van der Waals surface area contributed by atoms with Crippen LogP contribution in [0.3, 0.4) is 0 Å². The van der Waals surface area contributed by atoms with Crippen LogP contribution in [0.1, 0.15) is 44.9 Å². The lowest BCUT2D eigenvalue weighted by Gasteiger charge is -2.40. The highest BCUT2D eigenvalue weighted by atomic mass is 32.2. The summed E-state index contributed by atoms with van der Waals surface area (Å²) >= 11 is 1.56. The van der Waals surface area contributed by atoms with E-state index in [4.69, 9.17) is 9.97 Å². The fourth-order valence-electron chi connectivity index (χ4n) is 5.21. The van der Waals surface area contributed by atoms with Crippen molar-refractivity contribution in [2.24, 2.45) is 0 Å². The van der Waals surface area contributed by atoms with E-state index in [-0.39, 0.29) is 5.91 Å². The van der Waals surface area contributed by atoms with Crippen LogP contribution < -0.4 is 4.90 Å². The van der Waals surface area contributed by atoms with Gasteiger partial charge in [-0.2, -0.15) is 0 Å². The molecule has 1 saturated carbocycles. The van der Waals surface area contributed by atoms with Gasteiger partial charge in [-0.05, 0) is 37.8 Å². The Labute approximate surface area is 189 Å². The van der Waals surface area contributed by atoms with E-state index in [1.165, 1.54) is 44.9 Å². The number of nitrogens with zero attached hydrogens (tertiary/aromatic N) is 5. The van der Waals surface area contributed by atoms with Gasteiger partial charge in [0.1, 0.15) is 5.03 Å². The summed E-state index contributed by atoms with van der Waals surface area (Å²) in [5.74, 6) is 1.63. The third-order valence-electron chi connectivity index (χ3n) is 7.02. The smallest absolute Gasteiger partial charge is 0.233 e. The quantitative estimate of drug-likeness (QED) is 0.661. The molecule has 0 N–H and O–H groups in total. The maximum absolute atomic E-state index is 13.0. The Hall–Kier alpha value is -1.86. The molecule has 2 aromatic rings. The molecule has 0 atom stereocenters. The molecule has 1 aromatic heterocycles. The molecule has 5 rings (SSSR count). The van der Waals surface area contributed by atoms with Gasteiger partial charge in [0.25, 0.3) is 0 Å². The van der Waals surface area contributed by atoms with Gasteiger partial charge in [0.15, 0.2) is 5.82 Å². The van der Waals surface area contributed by atoms with Crippen LogP contribution in [-0.4, -0.2) is 76.7 Å². The number of carbonyl (C=O) groups is 1. The van der Waals surface area contributed by atoms with Gasteiger partial charge in [0.2, 0.25) is 5.91 Å². The lowest BCUT2D eigenvalue weighted by Crippen LogP contribution is -2.52. The van der Waals surface area contributed by atoms with Crippen LogP contribution in [0.25, 0.3) is 11.0 Å². The number of para-hydroxylation sites is 2. The van der Waals surface area contributed by atoms with E-state index >= 15 is 0 Å². The van der Waals surface area contributed by atoms with Gasteiger partial charge in [-0.15, -0.1) is 0 Å². The normalized spacial score (nSPS) is 21.2. The second-order valence-electron chi connectivity index (χ2n) is 9.03. The number of hydrogen-bond donors (Lipinski definition) is 0. The zero-order valence-corrected chi connectivity index (χ0v) is 19.2. The van der Waals surface area contributed by atoms with E-state index in [0.717, 1.165) is 67.2 Å². The molecule has 0 bridgehead atoms. The van der Waals surface area contributed by atoms with E-state index in [1.54, 1.807) is 11.8 Å². The third kappa shape index (κ3) is 4.82. The molecule has 1 amide bonds. The summed E-state index contributed by atoms with van der Waals surface area (Å²) in [4.78, 5) is 29.8. The molecule has 7 heteroatoms. The van der Waals surface area contributed by atoms with Crippen LogP contribution in [0.2, 0.25) is 0 Å². The monoisotopic (exact) mass is 439 g/mol. The first-order chi connectivity index (χ1) is 15.3. The number of hydrogen-bond acceptors (Lipinski definition) is 6. The van der Waals surface area contributed by atoms with Gasteiger partial charge < -0.3 is 9.80 Å². The zero-order valence-electron chi connectivity index (χ0n) is 18.3. The standard InChI is InChI=1S/C24H33N5OS/c30-22(28-16-14-27(15-17-28)19-8-2-1-3-9-19)18-31-24-23(29-12-6-7-13-29)25-20-10-4-5-11-21(20)26-24/h4-5,10-11,19H,1-3,6-9,12-18H2. The number of amides is 1. The Morgan fingerprint density at radius 2 is 1.55 bits per heavy atom. The summed E-state index contributed by atoms with van der Waals surface area (Å²) in [6, 6.07) is 8.78. The molecule has 0 spiro atoms. The highest BCUT2D eigenvalue weighted by Crippen LogP contribution is 2.31. The topological polar surface area (TPSA) is 52.6 Å². The number of rotatable bonds is 5. The average Bonchev–Trinajstić information content (AvgIpc) is 3.37. The average molecular weight is 440 g/mol. The lowest BCUT2D eigenvalue weighted by atomic mass is 9.94. The number of benzene rings is 1. The van der Waals surface area contributed by atoms with Gasteiger partial charge in [0, 0.05) is 45.3 Å². The number of piperazine rings is 1. The first-order valence-corrected chi connectivity index (χ1v) is 12.9. The predicted molar refractivity (Wildman–Crippen MR) is 127 cm³/mol. The van der Waals surface area contributed by atoms with Crippen molar-refractivity contribution >= 4 is 34.5 Å². The largest absolute Gasteiger partial charge is 0.354 e. The summed E-state index contributed by atoms with van der Waals surface area (Å²) in [5.41, 5.74) is 1.83. The van der Waals surface area contributed by atoms with E-state index in [9.17, 15) is 4.79 Å². The number of anilines is 1. The maximum Gasteiger partial charge on any atom is 0.233 e. The molecule has 1 aromatic carbocycles. The summed E-state index contributed by atoms with van der Waals surface area (Å²) in [6.07, 6.45) is 9.20. The molecule has 3 aliphatic rings. The molecular weight excluding hydrogens is 406 g/mol. The summed E-state index contributed by atoms with van der Waals surface area (Å²) in [6.45, 7) is 5.82. The summed E-state index contributed by atoms with van der Waals surface area (Å²) in [5, 5.41) is 0.898. The molecule has 0 unspecified atom stereocenters. The first-order valence-electron chi connectivity index (χ1n) is 11.9. The maximum atomic E-state index is 13.0.